The number of likely N-dealkylation sites (tertiary alicyclic amines) is 1. The van der Waals surface area contributed by atoms with Crippen molar-refractivity contribution in [2.75, 3.05) is 20.2 Å². The summed E-state index contributed by atoms with van der Waals surface area (Å²) >= 11 is 0. The lowest BCUT2D eigenvalue weighted by molar-refractivity contribution is -0.132. The molecular formula is C19H30N2O4S. The van der Waals surface area contributed by atoms with Gasteiger partial charge in [0.25, 0.3) is 0 Å². The summed E-state index contributed by atoms with van der Waals surface area (Å²) in [6.07, 6.45) is 2.43. The van der Waals surface area contributed by atoms with Crippen molar-refractivity contribution in [1.82, 2.24) is 9.62 Å². The molecule has 0 aromatic heterocycles. The number of aryl methyl sites for hydroxylation is 2. The lowest BCUT2D eigenvalue weighted by Gasteiger charge is -2.25. The van der Waals surface area contributed by atoms with E-state index in [1.165, 1.54) is 0 Å². The van der Waals surface area contributed by atoms with E-state index in [0.717, 1.165) is 18.4 Å². The van der Waals surface area contributed by atoms with Crippen LogP contribution < -0.4 is 9.46 Å². The molecular weight excluding hydrogens is 352 g/mol. The molecule has 1 aliphatic heterocycles. The monoisotopic (exact) mass is 382 g/mol. The zero-order chi connectivity index (χ0) is 19.5. The highest BCUT2D eigenvalue weighted by atomic mass is 32.2. The molecule has 1 fully saturated rings. The van der Waals surface area contributed by atoms with Gasteiger partial charge in [-0.05, 0) is 62.3 Å². The number of sulfonamides is 1. The van der Waals surface area contributed by atoms with E-state index in [9.17, 15) is 13.2 Å². The molecule has 146 valence electrons. The number of nitrogens with one attached hydrogen (secondary N) is 1. The van der Waals surface area contributed by atoms with Crippen molar-refractivity contribution in [1.29, 1.82) is 0 Å². The molecule has 2 rings (SSSR count). The zero-order valence-corrected chi connectivity index (χ0v) is 17.1. The van der Waals surface area contributed by atoms with E-state index in [2.05, 4.69) is 4.72 Å². The first-order valence-electron chi connectivity index (χ1n) is 9.12. The Morgan fingerprint density at radius 1 is 1.19 bits per heavy atom. The maximum atomic E-state index is 13.0. The standard InChI is InChI=1S/C19H30N2O4S/c1-13(2)10-16(19(22)21-8-6-7-9-21)20-26(23,24)18-12-14(3)17(25-5)11-15(18)4/h11-13,16,20H,6-10H2,1-5H3/t16-/m1/s1. The Morgan fingerprint density at radius 3 is 2.35 bits per heavy atom. The molecule has 0 radical (unpaired) electrons. The normalized spacial score (nSPS) is 16.2. The Balaban J connectivity index is 2.31. The van der Waals surface area contributed by atoms with Gasteiger partial charge >= 0.3 is 0 Å². The average Bonchev–Trinajstić information content (AvgIpc) is 3.08. The predicted molar refractivity (Wildman–Crippen MR) is 102 cm³/mol. The number of hydrogen-bond donors (Lipinski definition) is 1. The molecule has 0 bridgehead atoms. The Kier molecular flexibility index (Phi) is 6.69. The van der Waals surface area contributed by atoms with Crippen LogP contribution in [0.3, 0.4) is 0 Å². The van der Waals surface area contributed by atoms with Crippen molar-refractivity contribution in [3.63, 3.8) is 0 Å². The number of nitrogens with zero attached hydrogens (tertiary/aromatic N) is 1. The van der Waals surface area contributed by atoms with E-state index in [-0.39, 0.29) is 16.7 Å². The number of benzene rings is 1. The number of carbonyl (C=O) groups is 1. The number of carbonyl (C=O) groups excluding carboxylic acids is 1. The van der Waals surface area contributed by atoms with Gasteiger partial charge in [-0.1, -0.05) is 13.8 Å². The van der Waals surface area contributed by atoms with Crippen LogP contribution >= 0.6 is 0 Å². The molecule has 0 unspecified atom stereocenters. The highest BCUT2D eigenvalue weighted by Crippen LogP contribution is 2.26. The molecule has 1 atom stereocenters. The molecule has 1 heterocycles. The van der Waals surface area contributed by atoms with Gasteiger partial charge in [-0.2, -0.15) is 4.72 Å². The van der Waals surface area contributed by atoms with E-state index in [1.807, 2.05) is 13.8 Å². The molecule has 0 spiro atoms. The summed E-state index contributed by atoms with van der Waals surface area (Å²) in [5.41, 5.74) is 1.33. The van der Waals surface area contributed by atoms with E-state index in [1.54, 1.807) is 38.0 Å². The largest absolute Gasteiger partial charge is 0.496 e. The first-order valence-corrected chi connectivity index (χ1v) is 10.6. The highest BCUT2D eigenvalue weighted by molar-refractivity contribution is 7.89. The van der Waals surface area contributed by atoms with Crippen molar-refractivity contribution < 1.29 is 17.9 Å². The maximum Gasteiger partial charge on any atom is 0.241 e. The topological polar surface area (TPSA) is 75.7 Å². The van der Waals surface area contributed by atoms with Gasteiger partial charge in [-0.25, -0.2) is 8.42 Å². The fraction of sp³-hybridized carbons (Fsp3) is 0.632. The molecule has 1 aromatic rings. The van der Waals surface area contributed by atoms with Crippen molar-refractivity contribution in [2.45, 2.75) is 57.9 Å². The fourth-order valence-electron chi connectivity index (χ4n) is 3.35. The second-order valence-electron chi connectivity index (χ2n) is 7.42. The number of methoxy groups -OCH3 is 1. The lowest BCUT2D eigenvalue weighted by Crippen LogP contribution is -2.48. The van der Waals surface area contributed by atoms with Crippen LogP contribution in [-0.4, -0.2) is 45.5 Å². The Labute approximate surface area is 157 Å². The first-order chi connectivity index (χ1) is 12.2. The smallest absolute Gasteiger partial charge is 0.241 e. The third-order valence-corrected chi connectivity index (χ3v) is 6.32. The van der Waals surface area contributed by atoms with Gasteiger partial charge in [0, 0.05) is 13.1 Å². The first kappa shape index (κ1) is 20.7. The third kappa shape index (κ3) is 4.76. The Hall–Kier alpha value is -1.60. The molecule has 1 aromatic carbocycles. The molecule has 26 heavy (non-hydrogen) atoms. The molecule has 1 N–H and O–H groups in total. The molecule has 7 heteroatoms. The van der Waals surface area contributed by atoms with Crippen LogP contribution in [0.2, 0.25) is 0 Å². The number of hydrogen-bond acceptors (Lipinski definition) is 4. The van der Waals surface area contributed by atoms with Gasteiger partial charge in [0.15, 0.2) is 0 Å². The molecule has 6 nitrogen and oxygen atoms in total. The zero-order valence-electron chi connectivity index (χ0n) is 16.3. The van der Waals surface area contributed by atoms with E-state index < -0.39 is 16.1 Å². The predicted octanol–water partition coefficient (Wildman–Crippen LogP) is 2.63. The fourth-order valence-corrected chi connectivity index (χ4v) is 4.87. The van der Waals surface area contributed by atoms with Gasteiger partial charge in [-0.3, -0.25) is 4.79 Å². The summed E-state index contributed by atoms with van der Waals surface area (Å²) in [6.45, 7) is 8.92. The van der Waals surface area contributed by atoms with E-state index >= 15 is 0 Å². The van der Waals surface area contributed by atoms with Crippen LogP contribution in [0.4, 0.5) is 0 Å². The molecule has 0 aliphatic carbocycles. The summed E-state index contributed by atoms with van der Waals surface area (Å²) in [4.78, 5) is 14.8. The summed E-state index contributed by atoms with van der Waals surface area (Å²) in [5.74, 6) is 0.726. The average molecular weight is 383 g/mol. The second kappa shape index (κ2) is 8.39. The lowest BCUT2D eigenvalue weighted by atomic mass is 10.0. The SMILES string of the molecule is COc1cc(C)c(S(=O)(=O)N[C@H](CC(C)C)C(=O)N2CCCC2)cc1C. The summed E-state index contributed by atoms with van der Waals surface area (Å²) < 4.78 is 33.9. The van der Waals surface area contributed by atoms with Crippen LogP contribution in [0.25, 0.3) is 0 Å². The number of amides is 1. The van der Waals surface area contributed by atoms with Crippen molar-refractivity contribution in [3.8, 4) is 5.75 Å². The van der Waals surface area contributed by atoms with E-state index in [4.69, 9.17) is 4.74 Å². The van der Waals surface area contributed by atoms with Gasteiger partial charge in [-0.15, -0.1) is 0 Å². The van der Waals surface area contributed by atoms with Gasteiger partial charge in [0.1, 0.15) is 11.8 Å². The van der Waals surface area contributed by atoms with Crippen LogP contribution in [0.15, 0.2) is 17.0 Å². The van der Waals surface area contributed by atoms with Gasteiger partial charge in [0.2, 0.25) is 15.9 Å². The van der Waals surface area contributed by atoms with Crippen LogP contribution in [0.5, 0.6) is 5.75 Å². The third-order valence-electron chi connectivity index (χ3n) is 4.70. The summed E-state index contributed by atoms with van der Waals surface area (Å²) in [6, 6.07) is 2.58. The number of ether oxygens (including phenoxy) is 1. The Morgan fingerprint density at radius 2 is 1.81 bits per heavy atom. The number of rotatable bonds is 7. The van der Waals surface area contributed by atoms with Crippen LogP contribution in [-0.2, 0) is 14.8 Å². The maximum absolute atomic E-state index is 13.0. The molecule has 1 aliphatic rings. The molecule has 0 saturated carbocycles. The quantitative estimate of drug-likeness (QED) is 0.787. The minimum Gasteiger partial charge on any atom is -0.496 e. The minimum absolute atomic E-state index is 0.123. The molecule has 1 saturated heterocycles. The Bertz CT molecular complexity index is 753. The molecule has 1 amide bonds. The second-order valence-corrected chi connectivity index (χ2v) is 9.11. The summed E-state index contributed by atoms with van der Waals surface area (Å²) in [5, 5.41) is 0. The highest BCUT2D eigenvalue weighted by Gasteiger charge is 2.31. The van der Waals surface area contributed by atoms with E-state index in [0.29, 0.717) is 30.8 Å². The van der Waals surface area contributed by atoms with Crippen LogP contribution in [0, 0.1) is 19.8 Å². The minimum atomic E-state index is -3.81. The van der Waals surface area contributed by atoms with Gasteiger partial charge < -0.3 is 9.64 Å². The van der Waals surface area contributed by atoms with Crippen molar-refractivity contribution in [3.05, 3.63) is 23.3 Å². The van der Waals surface area contributed by atoms with Gasteiger partial charge in [0.05, 0.1) is 12.0 Å². The van der Waals surface area contributed by atoms with Crippen molar-refractivity contribution >= 4 is 15.9 Å². The van der Waals surface area contributed by atoms with Crippen LogP contribution in [0.1, 0.15) is 44.2 Å². The van der Waals surface area contributed by atoms with Crippen molar-refractivity contribution in [2.24, 2.45) is 5.92 Å². The summed E-state index contributed by atoms with van der Waals surface area (Å²) in [7, 11) is -2.25.